The Morgan fingerprint density at radius 2 is 2.11 bits per heavy atom. The van der Waals surface area contributed by atoms with E-state index in [-0.39, 0.29) is 25.4 Å². The highest BCUT2D eigenvalue weighted by Crippen LogP contribution is 2.39. The predicted molar refractivity (Wildman–Crippen MR) is 64.4 cm³/mol. The maximum Gasteiger partial charge on any atom is 0.410 e. The molecule has 106 valence electrons. The van der Waals surface area contributed by atoms with Gasteiger partial charge in [0, 0.05) is 19.5 Å². The van der Waals surface area contributed by atoms with Crippen molar-refractivity contribution in [2.45, 2.75) is 38.8 Å². The molecule has 2 aliphatic rings. The van der Waals surface area contributed by atoms with Gasteiger partial charge in [-0.1, -0.05) is 0 Å². The third-order valence-corrected chi connectivity index (χ3v) is 3.43. The Morgan fingerprint density at radius 3 is 2.58 bits per heavy atom. The minimum absolute atomic E-state index is 0.000648. The van der Waals surface area contributed by atoms with Crippen molar-refractivity contribution in [2.75, 3.05) is 13.1 Å². The Kier molecular flexibility index (Phi) is 2.95. The number of carboxylic acids is 1. The van der Waals surface area contributed by atoms with Crippen LogP contribution in [0.3, 0.4) is 0 Å². The number of hydrogen-bond acceptors (Lipinski definition) is 4. The number of hydrogen-bond donors (Lipinski definition) is 2. The molecule has 2 saturated heterocycles. The first-order valence-corrected chi connectivity index (χ1v) is 6.15. The molecular formula is C12H18N2O5. The molecular weight excluding hydrogens is 252 g/mol. The lowest BCUT2D eigenvalue weighted by molar-refractivity contribution is -0.148. The van der Waals surface area contributed by atoms with Gasteiger partial charge in [0.05, 0.1) is 6.04 Å². The van der Waals surface area contributed by atoms with Crippen molar-refractivity contribution in [2.24, 2.45) is 5.41 Å². The van der Waals surface area contributed by atoms with Gasteiger partial charge in [0.25, 0.3) is 0 Å². The molecule has 0 aromatic carbocycles. The van der Waals surface area contributed by atoms with Crippen LogP contribution < -0.4 is 5.32 Å². The van der Waals surface area contributed by atoms with Gasteiger partial charge in [-0.25, -0.2) is 4.79 Å². The molecule has 7 heteroatoms. The van der Waals surface area contributed by atoms with E-state index in [4.69, 9.17) is 4.74 Å². The molecule has 2 heterocycles. The summed E-state index contributed by atoms with van der Waals surface area (Å²) in [6.07, 6.45) is -0.636. The molecule has 2 atom stereocenters. The quantitative estimate of drug-likeness (QED) is 0.709. The van der Waals surface area contributed by atoms with Crippen molar-refractivity contribution in [3.8, 4) is 0 Å². The molecule has 0 aromatic rings. The summed E-state index contributed by atoms with van der Waals surface area (Å²) in [5.74, 6) is -1.34. The van der Waals surface area contributed by atoms with Crippen LogP contribution in [0, 0.1) is 5.41 Å². The highest BCUT2D eigenvalue weighted by molar-refractivity contribution is 5.91. The van der Waals surface area contributed by atoms with E-state index in [9.17, 15) is 19.5 Å². The average Bonchev–Trinajstić information content (AvgIpc) is 2.68. The molecule has 7 nitrogen and oxygen atoms in total. The second-order valence-corrected chi connectivity index (χ2v) is 6.12. The first-order valence-electron chi connectivity index (χ1n) is 6.15. The van der Waals surface area contributed by atoms with Crippen LogP contribution in [0.5, 0.6) is 0 Å². The van der Waals surface area contributed by atoms with Crippen molar-refractivity contribution in [1.82, 2.24) is 10.2 Å². The lowest BCUT2D eigenvalue weighted by Crippen LogP contribution is -2.41. The number of rotatable bonds is 1. The van der Waals surface area contributed by atoms with E-state index in [0.29, 0.717) is 0 Å². The minimum Gasteiger partial charge on any atom is -0.481 e. The maximum atomic E-state index is 11.9. The summed E-state index contributed by atoms with van der Waals surface area (Å²) < 4.78 is 5.22. The van der Waals surface area contributed by atoms with Gasteiger partial charge < -0.3 is 20.1 Å². The number of carbonyl (C=O) groups excluding carboxylic acids is 2. The number of likely N-dealkylation sites (tertiary alicyclic amines) is 1. The summed E-state index contributed by atoms with van der Waals surface area (Å²) in [4.78, 5) is 36.1. The van der Waals surface area contributed by atoms with E-state index < -0.39 is 29.1 Å². The standard InChI is InChI=1S/C12H18N2O5/c1-11(2,3)19-10(18)14-5-7-12(6-14,9(16)17)4-8(15)13-7/h7H,4-6H2,1-3H3,(H,13,15)(H,16,17)/t7-,12-/m0/s1. The van der Waals surface area contributed by atoms with E-state index in [1.54, 1.807) is 20.8 Å². The van der Waals surface area contributed by atoms with Gasteiger partial charge in [-0.15, -0.1) is 0 Å². The third-order valence-electron chi connectivity index (χ3n) is 3.43. The van der Waals surface area contributed by atoms with Crippen molar-refractivity contribution < 1.29 is 24.2 Å². The van der Waals surface area contributed by atoms with E-state index in [1.807, 2.05) is 0 Å². The molecule has 2 N–H and O–H groups in total. The van der Waals surface area contributed by atoms with E-state index in [0.717, 1.165) is 0 Å². The second kappa shape index (κ2) is 4.11. The molecule has 2 fully saturated rings. The van der Waals surface area contributed by atoms with Crippen LogP contribution in [-0.4, -0.2) is 52.7 Å². The number of fused-ring (bicyclic) bond motifs is 1. The van der Waals surface area contributed by atoms with E-state index >= 15 is 0 Å². The first-order chi connectivity index (χ1) is 8.64. The van der Waals surface area contributed by atoms with Crippen LogP contribution in [0.4, 0.5) is 4.79 Å². The summed E-state index contributed by atoms with van der Waals surface area (Å²) in [7, 11) is 0. The molecule has 2 aliphatic heterocycles. The Balaban J connectivity index is 2.13. The number of ether oxygens (including phenoxy) is 1. The molecule has 0 bridgehead atoms. The Bertz CT molecular complexity index is 442. The summed E-state index contributed by atoms with van der Waals surface area (Å²) in [6, 6.07) is -0.537. The SMILES string of the molecule is CC(C)(C)OC(=O)N1C[C@@H]2NC(=O)C[C@]2(C(=O)O)C1. The lowest BCUT2D eigenvalue weighted by atomic mass is 9.83. The fraction of sp³-hybridized carbons (Fsp3) is 0.750. The number of amides is 2. The number of nitrogens with one attached hydrogen (secondary N) is 1. The number of nitrogens with zero attached hydrogens (tertiary/aromatic N) is 1. The van der Waals surface area contributed by atoms with Crippen LogP contribution in [0.2, 0.25) is 0 Å². The van der Waals surface area contributed by atoms with Gasteiger partial charge in [-0.3, -0.25) is 9.59 Å². The van der Waals surface area contributed by atoms with E-state index in [1.165, 1.54) is 4.90 Å². The molecule has 2 rings (SSSR count). The molecule has 0 unspecified atom stereocenters. The second-order valence-electron chi connectivity index (χ2n) is 6.12. The van der Waals surface area contributed by atoms with Crippen molar-refractivity contribution in [1.29, 1.82) is 0 Å². The number of carbonyl (C=O) groups is 3. The van der Waals surface area contributed by atoms with Crippen LogP contribution >= 0.6 is 0 Å². The summed E-state index contributed by atoms with van der Waals surface area (Å²) in [5, 5.41) is 12.0. The minimum atomic E-state index is -1.21. The predicted octanol–water partition coefficient (Wildman–Crippen LogP) is 0.197. The molecule has 19 heavy (non-hydrogen) atoms. The Hall–Kier alpha value is -1.79. The highest BCUT2D eigenvalue weighted by atomic mass is 16.6. The lowest BCUT2D eigenvalue weighted by Gasteiger charge is -2.25. The van der Waals surface area contributed by atoms with Crippen LogP contribution in [0.15, 0.2) is 0 Å². The van der Waals surface area contributed by atoms with Crippen LogP contribution in [0.1, 0.15) is 27.2 Å². The first kappa shape index (κ1) is 13.6. The smallest absolute Gasteiger partial charge is 0.410 e. The molecule has 0 aliphatic carbocycles. The normalized spacial score (nSPS) is 29.9. The van der Waals surface area contributed by atoms with Gasteiger partial charge in [-0.2, -0.15) is 0 Å². The zero-order chi connectivity index (χ0) is 14.4. The Morgan fingerprint density at radius 1 is 1.47 bits per heavy atom. The third kappa shape index (κ3) is 2.36. The fourth-order valence-electron chi connectivity index (χ4n) is 2.56. The highest BCUT2D eigenvalue weighted by Gasteiger charge is 2.59. The number of carboxylic acid groups (broad SMARTS) is 1. The van der Waals surface area contributed by atoms with E-state index in [2.05, 4.69) is 5.32 Å². The molecule has 0 saturated carbocycles. The summed E-state index contributed by atoms with van der Waals surface area (Å²) in [5.41, 5.74) is -1.84. The number of aliphatic carboxylic acids is 1. The monoisotopic (exact) mass is 270 g/mol. The van der Waals surface area contributed by atoms with Gasteiger partial charge in [0.1, 0.15) is 11.0 Å². The van der Waals surface area contributed by atoms with Gasteiger partial charge in [-0.05, 0) is 20.8 Å². The van der Waals surface area contributed by atoms with Gasteiger partial charge in [0.15, 0.2) is 0 Å². The average molecular weight is 270 g/mol. The topological polar surface area (TPSA) is 95.9 Å². The Labute approximate surface area is 110 Å². The van der Waals surface area contributed by atoms with Crippen molar-refractivity contribution in [3.63, 3.8) is 0 Å². The van der Waals surface area contributed by atoms with Gasteiger partial charge in [0.2, 0.25) is 5.91 Å². The largest absolute Gasteiger partial charge is 0.481 e. The summed E-state index contributed by atoms with van der Waals surface area (Å²) >= 11 is 0. The molecule has 0 spiro atoms. The molecule has 0 radical (unpaired) electrons. The van der Waals surface area contributed by atoms with Crippen molar-refractivity contribution >= 4 is 18.0 Å². The molecule has 2 amide bonds. The fourth-order valence-corrected chi connectivity index (χ4v) is 2.56. The van der Waals surface area contributed by atoms with Crippen molar-refractivity contribution in [3.05, 3.63) is 0 Å². The zero-order valence-corrected chi connectivity index (χ0v) is 11.2. The molecule has 0 aromatic heterocycles. The van der Waals surface area contributed by atoms with Gasteiger partial charge >= 0.3 is 12.1 Å². The van der Waals surface area contributed by atoms with Crippen LogP contribution in [-0.2, 0) is 14.3 Å². The zero-order valence-electron chi connectivity index (χ0n) is 11.2. The maximum absolute atomic E-state index is 11.9. The summed E-state index contributed by atoms with van der Waals surface area (Å²) in [6.45, 7) is 5.41. The van der Waals surface area contributed by atoms with Crippen LogP contribution in [0.25, 0.3) is 0 Å².